The van der Waals surface area contributed by atoms with E-state index in [0.717, 1.165) is 12.1 Å². The molecular formula is C16H19BF6O3. The lowest BCUT2D eigenvalue weighted by Gasteiger charge is -2.34. The Labute approximate surface area is 147 Å². The van der Waals surface area contributed by atoms with Gasteiger partial charge in [-0.15, -0.1) is 0 Å². The molecule has 1 heterocycles. The zero-order valence-electron chi connectivity index (χ0n) is 14.9. The van der Waals surface area contributed by atoms with Crippen molar-refractivity contribution in [2.45, 2.75) is 63.8 Å². The van der Waals surface area contributed by atoms with E-state index in [9.17, 15) is 26.3 Å². The summed E-state index contributed by atoms with van der Waals surface area (Å²) in [6.07, 6.45) is -11.3. The van der Waals surface area contributed by atoms with Crippen LogP contribution in [-0.2, 0) is 9.31 Å². The largest absolute Gasteiger partial charge is 0.494 e. The van der Waals surface area contributed by atoms with E-state index in [4.69, 9.17) is 9.31 Å². The Balaban J connectivity index is 2.23. The summed E-state index contributed by atoms with van der Waals surface area (Å²) in [4.78, 5) is 0. The van der Waals surface area contributed by atoms with E-state index >= 15 is 0 Å². The Kier molecular flexibility index (Phi) is 4.86. The molecule has 0 aliphatic carbocycles. The van der Waals surface area contributed by atoms with Gasteiger partial charge in [0.15, 0.2) is 0 Å². The number of hydrogen-bond donors (Lipinski definition) is 0. The molecule has 0 atom stereocenters. The zero-order chi connectivity index (χ0) is 20.2. The molecule has 1 saturated heterocycles. The Morgan fingerprint density at radius 3 is 1.54 bits per heavy atom. The summed E-state index contributed by atoms with van der Waals surface area (Å²) in [7, 11) is -0.786. The fourth-order valence-electron chi connectivity index (χ4n) is 2.18. The summed E-state index contributed by atoms with van der Waals surface area (Å²) >= 11 is 0. The summed E-state index contributed by atoms with van der Waals surface area (Å²) in [6.45, 7) is 7.24. The number of halogens is 6. The molecule has 0 spiro atoms. The number of benzene rings is 1. The minimum atomic E-state index is -5.63. The summed E-state index contributed by atoms with van der Waals surface area (Å²) in [6, 6.07) is 4.67. The van der Waals surface area contributed by atoms with Crippen LogP contribution in [-0.4, -0.2) is 36.3 Å². The standard InChI is InChI=1S/C16H19BF6O3/c1-12(2)13(3,4)26-17(25-12)10-6-8-11(9-7-10)24-14(5,15(18,19)20)16(21,22)23/h6-9H,1-5H3. The van der Waals surface area contributed by atoms with Crippen LogP contribution < -0.4 is 10.2 Å². The van der Waals surface area contributed by atoms with Crippen molar-refractivity contribution >= 4 is 12.6 Å². The molecule has 0 aromatic heterocycles. The van der Waals surface area contributed by atoms with Crippen molar-refractivity contribution in [2.24, 2.45) is 0 Å². The number of hydrogen-bond acceptors (Lipinski definition) is 3. The minimum Gasteiger partial charge on any atom is -0.469 e. The van der Waals surface area contributed by atoms with Gasteiger partial charge in [0, 0.05) is 0 Å². The van der Waals surface area contributed by atoms with Crippen molar-refractivity contribution < 1.29 is 40.4 Å². The van der Waals surface area contributed by atoms with E-state index in [1.54, 1.807) is 0 Å². The summed E-state index contributed by atoms with van der Waals surface area (Å²) in [5, 5.41) is 0. The smallest absolute Gasteiger partial charge is 0.469 e. The van der Waals surface area contributed by atoms with Crippen LogP contribution in [0.5, 0.6) is 5.75 Å². The predicted octanol–water partition coefficient (Wildman–Crippen LogP) is 4.25. The average Bonchev–Trinajstić information content (AvgIpc) is 2.65. The highest BCUT2D eigenvalue weighted by molar-refractivity contribution is 6.62. The molecule has 0 saturated carbocycles. The molecule has 1 aliphatic rings. The molecule has 0 N–H and O–H groups in total. The minimum absolute atomic E-state index is 0.0465. The third kappa shape index (κ3) is 3.53. The monoisotopic (exact) mass is 384 g/mol. The lowest BCUT2D eigenvalue weighted by molar-refractivity contribution is -0.350. The fourth-order valence-corrected chi connectivity index (χ4v) is 2.18. The van der Waals surface area contributed by atoms with Crippen LogP contribution in [0.3, 0.4) is 0 Å². The second-order valence-corrected chi connectivity index (χ2v) is 7.29. The first-order valence-corrected chi connectivity index (χ1v) is 7.78. The second kappa shape index (κ2) is 6.05. The maximum absolute atomic E-state index is 12.9. The topological polar surface area (TPSA) is 27.7 Å². The van der Waals surface area contributed by atoms with Gasteiger partial charge in [0.1, 0.15) is 5.75 Å². The highest BCUT2D eigenvalue weighted by Crippen LogP contribution is 2.45. The normalized spacial score (nSPS) is 20.3. The molecule has 3 nitrogen and oxygen atoms in total. The molecule has 0 bridgehead atoms. The fraction of sp³-hybridized carbons (Fsp3) is 0.625. The summed E-state index contributed by atoms with van der Waals surface area (Å²) in [5.74, 6) is -0.567. The van der Waals surface area contributed by atoms with Gasteiger partial charge in [-0.2, -0.15) is 26.3 Å². The molecule has 0 radical (unpaired) electrons. The van der Waals surface area contributed by atoms with E-state index < -0.39 is 42.0 Å². The van der Waals surface area contributed by atoms with E-state index in [0.29, 0.717) is 5.46 Å². The quantitative estimate of drug-likeness (QED) is 0.576. The van der Waals surface area contributed by atoms with Gasteiger partial charge in [-0.3, -0.25) is 0 Å². The first-order valence-electron chi connectivity index (χ1n) is 7.78. The molecule has 0 amide bonds. The Morgan fingerprint density at radius 2 is 1.19 bits per heavy atom. The lowest BCUT2D eigenvalue weighted by atomic mass is 9.79. The van der Waals surface area contributed by atoms with Gasteiger partial charge in [-0.25, -0.2) is 0 Å². The molecule has 26 heavy (non-hydrogen) atoms. The van der Waals surface area contributed by atoms with Crippen LogP contribution in [0.15, 0.2) is 24.3 Å². The average molecular weight is 384 g/mol. The van der Waals surface area contributed by atoms with Crippen molar-refractivity contribution in [1.29, 1.82) is 0 Å². The first kappa shape index (κ1) is 20.9. The van der Waals surface area contributed by atoms with Crippen LogP contribution >= 0.6 is 0 Å². The zero-order valence-corrected chi connectivity index (χ0v) is 14.9. The molecule has 0 unspecified atom stereocenters. The van der Waals surface area contributed by atoms with Gasteiger partial charge in [0.05, 0.1) is 11.2 Å². The van der Waals surface area contributed by atoms with Crippen LogP contribution in [0, 0.1) is 0 Å². The highest BCUT2D eigenvalue weighted by atomic mass is 19.4. The molecule has 1 aromatic rings. The van der Waals surface area contributed by atoms with Gasteiger partial charge >= 0.3 is 19.5 Å². The van der Waals surface area contributed by atoms with Gasteiger partial charge < -0.3 is 14.0 Å². The lowest BCUT2D eigenvalue weighted by Crippen LogP contribution is -2.58. The van der Waals surface area contributed by atoms with E-state index in [1.165, 1.54) is 12.1 Å². The van der Waals surface area contributed by atoms with Crippen molar-refractivity contribution in [3.8, 4) is 5.75 Å². The summed E-state index contributed by atoms with van der Waals surface area (Å²) < 4.78 is 93.2. The highest BCUT2D eigenvalue weighted by Gasteiger charge is 2.70. The van der Waals surface area contributed by atoms with E-state index in [2.05, 4.69) is 4.74 Å². The van der Waals surface area contributed by atoms with Crippen LogP contribution in [0.2, 0.25) is 0 Å². The van der Waals surface area contributed by atoms with E-state index in [1.807, 2.05) is 27.7 Å². The van der Waals surface area contributed by atoms with Gasteiger partial charge in [0.25, 0.3) is 5.60 Å². The van der Waals surface area contributed by atoms with Crippen LogP contribution in [0.1, 0.15) is 34.6 Å². The SMILES string of the molecule is CC1(C)OB(c2ccc(OC(C)(C(F)(F)F)C(F)(F)F)cc2)OC1(C)C. The molecule has 146 valence electrons. The molecule has 1 fully saturated rings. The predicted molar refractivity (Wildman–Crippen MR) is 83.3 cm³/mol. The summed E-state index contributed by atoms with van der Waals surface area (Å²) in [5.41, 5.74) is -5.11. The van der Waals surface area contributed by atoms with Crippen molar-refractivity contribution in [2.75, 3.05) is 0 Å². The Hall–Kier alpha value is -1.42. The molecule has 2 rings (SSSR count). The van der Waals surface area contributed by atoms with Crippen molar-refractivity contribution in [3.63, 3.8) is 0 Å². The Morgan fingerprint density at radius 1 is 0.808 bits per heavy atom. The number of ether oxygens (including phenoxy) is 1. The Bertz CT molecular complexity index is 621. The molecule has 1 aliphatic heterocycles. The number of alkyl halides is 6. The maximum Gasteiger partial charge on any atom is 0.494 e. The van der Waals surface area contributed by atoms with E-state index in [-0.39, 0.29) is 6.92 Å². The van der Waals surface area contributed by atoms with Crippen molar-refractivity contribution in [1.82, 2.24) is 0 Å². The molecule has 1 aromatic carbocycles. The number of rotatable bonds is 3. The van der Waals surface area contributed by atoms with Crippen LogP contribution in [0.4, 0.5) is 26.3 Å². The van der Waals surface area contributed by atoms with Crippen LogP contribution in [0.25, 0.3) is 0 Å². The van der Waals surface area contributed by atoms with Gasteiger partial charge in [0.2, 0.25) is 0 Å². The maximum atomic E-state index is 12.9. The van der Waals surface area contributed by atoms with Gasteiger partial charge in [-0.05, 0) is 52.2 Å². The molecule has 10 heteroatoms. The third-order valence-electron chi connectivity index (χ3n) is 4.81. The van der Waals surface area contributed by atoms with Crippen molar-refractivity contribution in [3.05, 3.63) is 24.3 Å². The third-order valence-corrected chi connectivity index (χ3v) is 4.81. The first-order chi connectivity index (χ1) is 11.5. The van der Waals surface area contributed by atoms with Gasteiger partial charge in [-0.1, -0.05) is 12.1 Å². The second-order valence-electron chi connectivity index (χ2n) is 7.29. The molecular weight excluding hydrogens is 365 g/mol.